The van der Waals surface area contributed by atoms with E-state index in [0.29, 0.717) is 24.0 Å². The van der Waals surface area contributed by atoms with E-state index in [4.69, 9.17) is 4.52 Å². The minimum absolute atomic E-state index is 0.00716. The predicted octanol–water partition coefficient (Wildman–Crippen LogP) is 3.79. The number of hydrogen-bond acceptors (Lipinski definition) is 5. The molecule has 0 fully saturated rings. The molecule has 0 radical (unpaired) electrons. The van der Waals surface area contributed by atoms with Crippen molar-refractivity contribution in [1.82, 2.24) is 20.0 Å². The van der Waals surface area contributed by atoms with E-state index in [2.05, 4.69) is 29.0 Å². The molecule has 1 atom stereocenters. The van der Waals surface area contributed by atoms with Crippen LogP contribution in [0.15, 0.2) is 47.1 Å². The van der Waals surface area contributed by atoms with Crippen LogP contribution in [0.5, 0.6) is 0 Å². The van der Waals surface area contributed by atoms with Crippen molar-refractivity contribution in [3.63, 3.8) is 0 Å². The quantitative estimate of drug-likeness (QED) is 0.717. The normalized spacial score (nSPS) is 14.8. The van der Waals surface area contributed by atoms with Gasteiger partial charge >= 0.3 is 0 Å². The third-order valence-corrected chi connectivity index (χ3v) is 4.66. The maximum Gasteiger partial charge on any atom is 0.255 e. The van der Waals surface area contributed by atoms with Crippen molar-refractivity contribution in [2.24, 2.45) is 5.92 Å². The van der Waals surface area contributed by atoms with Crippen molar-refractivity contribution < 1.29 is 9.32 Å². The lowest BCUT2D eigenvalue weighted by atomic mass is 10.0. The molecule has 26 heavy (non-hydrogen) atoms. The van der Waals surface area contributed by atoms with E-state index in [1.807, 2.05) is 48.2 Å². The van der Waals surface area contributed by atoms with Gasteiger partial charge in [0.05, 0.1) is 0 Å². The van der Waals surface area contributed by atoms with Crippen LogP contribution in [0.1, 0.15) is 47.3 Å². The molecule has 0 N–H and O–H groups in total. The van der Waals surface area contributed by atoms with Crippen LogP contribution in [0.4, 0.5) is 0 Å². The number of carbonyl (C=O) groups excluding carboxylic acids is 1. The molecule has 4 rings (SSSR count). The number of pyridine rings is 1. The fourth-order valence-corrected chi connectivity index (χ4v) is 3.40. The lowest BCUT2D eigenvalue weighted by Gasteiger charge is -2.27. The molecule has 1 aliphatic heterocycles. The average molecular weight is 348 g/mol. The number of amides is 1. The number of carbonyl (C=O) groups is 1. The number of rotatable bonds is 4. The maximum atomic E-state index is 12.9. The molecule has 132 valence electrons. The minimum Gasteiger partial charge on any atom is -0.337 e. The van der Waals surface area contributed by atoms with E-state index in [1.54, 1.807) is 6.20 Å². The van der Waals surface area contributed by atoms with Crippen LogP contribution < -0.4 is 0 Å². The first-order valence-corrected chi connectivity index (χ1v) is 8.70. The van der Waals surface area contributed by atoms with Gasteiger partial charge in [0.15, 0.2) is 0 Å². The number of fused-ring (bicyclic) bond motifs is 1. The van der Waals surface area contributed by atoms with Gasteiger partial charge in [0.25, 0.3) is 5.91 Å². The van der Waals surface area contributed by atoms with Gasteiger partial charge < -0.3 is 9.42 Å². The van der Waals surface area contributed by atoms with Crippen LogP contribution in [-0.4, -0.2) is 25.9 Å². The molecule has 0 saturated carbocycles. The molecule has 1 aliphatic rings. The molecule has 6 heteroatoms. The van der Waals surface area contributed by atoms with Gasteiger partial charge in [-0.15, -0.1) is 0 Å². The Hall–Kier alpha value is -3.02. The Morgan fingerprint density at radius 2 is 2.00 bits per heavy atom. The number of hydrogen-bond donors (Lipinski definition) is 0. The third-order valence-electron chi connectivity index (χ3n) is 4.66. The van der Waals surface area contributed by atoms with Gasteiger partial charge in [-0.1, -0.05) is 37.2 Å². The fraction of sp³-hybridized carbons (Fsp3) is 0.300. The first-order valence-electron chi connectivity index (χ1n) is 8.70. The SMILES string of the molecule is Cc1ccnc(-c2noc([C@@H](C(C)C)N3Cc4ccccc4C3=O)n2)c1. The van der Waals surface area contributed by atoms with Crippen LogP contribution in [0, 0.1) is 12.8 Å². The topological polar surface area (TPSA) is 72.1 Å². The molecule has 2 aromatic heterocycles. The molecule has 6 nitrogen and oxygen atoms in total. The summed E-state index contributed by atoms with van der Waals surface area (Å²) in [6.07, 6.45) is 1.72. The zero-order valence-corrected chi connectivity index (χ0v) is 15.0. The summed E-state index contributed by atoms with van der Waals surface area (Å²) < 4.78 is 5.55. The van der Waals surface area contributed by atoms with E-state index in [9.17, 15) is 4.79 Å². The van der Waals surface area contributed by atoms with Crippen LogP contribution in [0.3, 0.4) is 0 Å². The smallest absolute Gasteiger partial charge is 0.255 e. The van der Waals surface area contributed by atoms with Crippen LogP contribution >= 0.6 is 0 Å². The van der Waals surface area contributed by atoms with Crippen LogP contribution in [-0.2, 0) is 6.54 Å². The fourth-order valence-electron chi connectivity index (χ4n) is 3.40. The monoisotopic (exact) mass is 348 g/mol. The van der Waals surface area contributed by atoms with E-state index in [-0.39, 0.29) is 17.9 Å². The minimum atomic E-state index is -0.277. The van der Waals surface area contributed by atoms with E-state index in [1.165, 1.54) is 0 Å². The van der Waals surface area contributed by atoms with Crippen molar-refractivity contribution in [3.8, 4) is 11.5 Å². The Morgan fingerprint density at radius 3 is 2.73 bits per heavy atom. The van der Waals surface area contributed by atoms with Crippen molar-refractivity contribution in [2.45, 2.75) is 33.4 Å². The van der Waals surface area contributed by atoms with Crippen LogP contribution in [0.25, 0.3) is 11.5 Å². The van der Waals surface area contributed by atoms with Crippen LogP contribution in [0.2, 0.25) is 0 Å². The van der Waals surface area contributed by atoms with Gasteiger partial charge in [0.2, 0.25) is 11.7 Å². The summed E-state index contributed by atoms with van der Waals surface area (Å²) >= 11 is 0. The van der Waals surface area contributed by atoms with Gasteiger partial charge in [0, 0.05) is 18.3 Å². The highest BCUT2D eigenvalue weighted by atomic mass is 16.5. The summed E-state index contributed by atoms with van der Waals surface area (Å²) in [5.74, 6) is 1.03. The Bertz CT molecular complexity index is 964. The standard InChI is InChI=1S/C20H20N4O2/c1-12(2)17(24-11-14-6-4-5-7-15(14)20(24)25)19-22-18(23-26-19)16-10-13(3)8-9-21-16/h4-10,12,17H,11H2,1-3H3/t17-/m1/s1. The summed E-state index contributed by atoms with van der Waals surface area (Å²) in [5, 5.41) is 4.09. The molecule has 3 aromatic rings. The highest BCUT2D eigenvalue weighted by Crippen LogP contribution is 2.35. The molecule has 1 aromatic carbocycles. The first-order chi connectivity index (χ1) is 12.5. The maximum absolute atomic E-state index is 12.9. The third kappa shape index (κ3) is 2.77. The van der Waals surface area contributed by atoms with Gasteiger partial charge in [-0.25, -0.2) is 0 Å². The van der Waals surface area contributed by atoms with Gasteiger partial charge in [-0.05, 0) is 42.2 Å². The Labute approximate surface area is 151 Å². The largest absolute Gasteiger partial charge is 0.337 e. The van der Waals surface area contributed by atoms with Crippen molar-refractivity contribution >= 4 is 5.91 Å². The van der Waals surface area contributed by atoms with E-state index < -0.39 is 0 Å². The summed E-state index contributed by atoms with van der Waals surface area (Å²) in [6.45, 7) is 6.65. The molecular formula is C20H20N4O2. The second kappa shape index (κ2) is 6.37. The first kappa shape index (κ1) is 16.4. The summed E-state index contributed by atoms with van der Waals surface area (Å²) in [4.78, 5) is 23.5. The van der Waals surface area contributed by atoms with Crippen molar-refractivity contribution in [1.29, 1.82) is 0 Å². The Kier molecular flexibility index (Phi) is 4.03. The molecule has 0 bridgehead atoms. The van der Waals surface area contributed by atoms with E-state index >= 15 is 0 Å². The van der Waals surface area contributed by atoms with E-state index in [0.717, 1.165) is 16.7 Å². The molecular weight excluding hydrogens is 328 g/mol. The molecule has 0 spiro atoms. The van der Waals surface area contributed by atoms with Gasteiger partial charge in [-0.3, -0.25) is 9.78 Å². The van der Waals surface area contributed by atoms with Crippen molar-refractivity contribution in [2.75, 3.05) is 0 Å². The Morgan fingerprint density at radius 1 is 1.19 bits per heavy atom. The number of benzene rings is 1. The zero-order chi connectivity index (χ0) is 18.3. The highest BCUT2D eigenvalue weighted by Gasteiger charge is 2.37. The summed E-state index contributed by atoms with van der Waals surface area (Å²) in [7, 11) is 0. The predicted molar refractivity (Wildman–Crippen MR) is 96.2 cm³/mol. The molecule has 1 amide bonds. The molecule has 0 aliphatic carbocycles. The molecule has 0 unspecified atom stereocenters. The molecule has 0 saturated heterocycles. The lowest BCUT2D eigenvalue weighted by molar-refractivity contribution is 0.0596. The number of aromatic nitrogens is 3. The lowest BCUT2D eigenvalue weighted by Crippen LogP contribution is -2.32. The number of nitrogens with zero attached hydrogens (tertiary/aromatic N) is 4. The van der Waals surface area contributed by atoms with Gasteiger partial charge in [0.1, 0.15) is 11.7 Å². The van der Waals surface area contributed by atoms with Gasteiger partial charge in [-0.2, -0.15) is 4.98 Å². The Balaban J connectivity index is 1.68. The summed E-state index contributed by atoms with van der Waals surface area (Å²) in [6, 6.07) is 11.2. The summed E-state index contributed by atoms with van der Waals surface area (Å²) in [5.41, 5.74) is 3.52. The molecule has 3 heterocycles. The van der Waals surface area contributed by atoms with Crippen molar-refractivity contribution in [3.05, 3.63) is 65.2 Å². The highest BCUT2D eigenvalue weighted by molar-refractivity contribution is 5.98. The second-order valence-corrected chi connectivity index (χ2v) is 6.95. The second-order valence-electron chi connectivity index (χ2n) is 6.95. The zero-order valence-electron chi connectivity index (χ0n) is 15.0. The number of aryl methyl sites for hydroxylation is 1. The average Bonchev–Trinajstić information content (AvgIpc) is 3.22.